The molecule has 0 saturated carbocycles. The lowest BCUT2D eigenvalue weighted by Crippen LogP contribution is -2.17. The van der Waals surface area contributed by atoms with E-state index in [0.29, 0.717) is 17.1 Å². The van der Waals surface area contributed by atoms with Crippen LogP contribution < -0.4 is 11.1 Å². The highest BCUT2D eigenvalue weighted by atomic mass is 35.5. The van der Waals surface area contributed by atoms with Crippen LogP contribution in [0.3, 0.4) is 0 Å². The predicted octanol–water partition coefficient (Wildman–Crippen LogP) is 2.74. The summed E-state index contributed by atoms with van der Waals surface area (Å²) in [5.74, 6) is -0.742. The molecule has 2 amide bonds. The fraction of sp³-hybridized carbons (Fsp3) is 0. The molecule has 0 unspecified atom stereocenters. The van der Waals surface area contributed by atoms with Crippen molar-refractivity contribution < 1.29 is 14.0 Å². The molecule has 8 heteroatoms. The van der Waals surface area contributed by atoms with Gasteiger partial charge in [0.05, 0.1) is 11.8 Å². The summed E-state index contributed by atoms with van der Waals surface area (Å²) in [5, 5.41) is 2.57. The first-order valence-corrected chi connectivity index (χ1v) is 7.20. The zero-order chi connectivity index (χ0) is 17.1. The van der Waals surface area contributed by atoms with Crippen molar-refractivity contribution in [2.75, 3.05) is 5.32 Å². The van der Waals surface area contributed by atoms with Crippen LogP contribution in [0.4, 0.5) is 5.69 Å². The van der Waals surface area contributed by atoms with Gasteiger partial charge in [-0.05, 0) is 30.3 Å². The number of oxazole rings is 1. The van der Waals surface area contributed by atoms with Gasteiger partial charge in [0, 0.05) is 11.3 Å². The largest absolute Gasteiger partial charge is 0.445 e. The number of carbonyl (C=O) groups excluding carboxylic acids is 2. The average Bonchev–Trinajstić information content (AvgIpc) is 3.09. The van der Waals surface area contributed by atoms with Gasteiger partial charge in [0.2, 0.25) is 5.89 Å². The summed E-state index contributed by atoms with van der Waals surface area (Å²) in [6, 6.07) is 9.71. The van der Waals surface area contributed by atoms with E-state index in [1.165, 1.54) is 24.6 Å². The number of carbonyl (C=O) groups is 2. The Bertz CT molecular complexity index is 909. The Balaban J connectivity index is 1.81. The van der Waals surface area contributed by atoms with Gasteiger partial charge in [-0.1, -0.05) is 17.7 Å². The molecular formula is C16H11ClN4O3. The van der Waals surface area contributed by atoms with Crippen molar-refractivity contribution in [2.45, 2.75) is 0 Å². The highest BCUT2D eigenvalue weighted by molar-refractivity contribution is 6.32. The van der Waals surface area contributed by atoms with Gasteiger partial charge < -0.3 is 15.5 Å². The van der Waals surface area contributed by atoms with Crippen LogP contribution in [-0.2, 0) is 0 Å². The molecule has 0 fully saturated rings. The van der Waals surface area contributed by atoms with Gasteiger partial charge in [-0.2, -0.15) is 0 Å². The highest BCUT2D eigenvalue weighted by Crippen LogP contribution is 2.21. The van der Waals surface area contributed by atoms with Crippen molar-refractivity contribution in [3.8, 4) is 11.5 Å². The Labute approximate surface area is 141 Å². The number of halogens is 1. The third kappa shape index (κ3) is 3.26. The third-order valence-corrected chi connectivity index (χ3v) is 3.43. The summed E-state index contributed by atoms with van der Waals surface area (Å²) >= 11 is 5.85. The number of benzene rings is 1. The fourth-order valence-electron chi connectivity index (χ4n) is 2.04. The van der Waals surface area contributed by atoms with Crippen molar-refractivity contribution in [3.05, 3.63) is 65.3 Å². The number of nitrogens with one attached hydrogen (secondary N) is 1. The van der Waals surface area contributed by atoms with Crippen LogP contribution in [0.15, 0.2) is 53.3 Å². The molecule has 1 aromatic carbocycles. The van der Waals surface area contributed by atoms with E-state index in [1.807, 2.05) is 0 Å². The fourth-order valence-corrected chi connectivity index (χ4v) is 2.28. The van der Waals surface area contributed by atoms with E-state index in [4.69, 9.17) is 21.8 Å². The summed E-state index contributed by atoms with van der Waals surface area (Å²) in [6.45, 7) is 0. The monoisotopic (exact) mass is 342 g/mol. The molecular weight excluding hydrogens is 332 g/mol. The van der Waals surface area contributed by atoms with E-state index in [9.17, 15) is 9.59 Å². The molecule has 0 aliphatic carbocycles. The molecule has 0 saturated heterocycles. The maximum Gasteiger partial charge on any atom is 0.274 e. The first-order chi connectivity index (χ1) is 11.5. The van der Waals surface area contributed by atoms with Gasteiger partial charge in [-0.3, -0.25) is 9.59 Å². The molecule has 2 heterocycles. The Hall–Kier alpha value is -3.19. The molecule has 2 aromatic heterocycles. The van der Waals surface area contributed by atoms with E-state index in [2.05, 4.69) is 15.3 Å². The molecule has 3 aromatic rings. The number of anilines is 1. The second-order valence-electron chi connectivity index (χ2n) is 4.77. The van der Waals surface area contributed by atoms with Gasteiger partial charge in [0.1, 0.15) is 17.1 Å². The van der Waals surface area contributed by atoms with Crippen LogP contribution in [0.2, 0.25) is 5.15 Å². The lowest BCUT2D eigenvalue weighted by Gasteiger charge is -2.07. The zero-order valence-corrected chi connectivity index (χ0v) is 12.9. The second-order valence-corrected chi connectivity index (χ2v) is 5.13. The van der Waals surface area contributed by atoms with Crippen molar-refractivity contribution >= 4 is 29.1 Å². The van der Waals surface area contributed by atoms with E-state index in [-0.39, 0.29) is 16.4 Å². The van der Waals surface area contributed by atoms with Gasteiger partial charge in [0.15, 0.2) is 0 Å². The standard InChI is InChI=1S/C16H11ClN4O3/c17-13-11(14(18)22)4-5-12(21-13)15(23)20-10-3-1-2-9(8-10)16-19-6-7-24-16/h1-8H,(H2,18,22)(H,20,23). The summed E-state index contributed by atoms with van der Waals surface area (Å²) in [7, 11) is 0. The Morgan fingerprint density at radius 1 is 1.21 bits per heavy atom. The Morgan fingerprint density at radius 2 is 2.04 bits per heavy atom. The molecule has 0 spiro atoms. The molecule has 0 bridgehead atoms. The van der Waals surface area contributed by atoms with Gasteiger partial charge in [-0.15, -0.1) is 0 Å². The van der Waals surface area contributed by atoms with Gasteiger partial charge >= 0.3 is 0 Å². The first kappa shape index (κ1) is 15.7. The van der Waals surface area contributed by atoms with E-state index < -0.39 is 11.8 Å². The van der Waals surface area contributed by atoms with Crippen LogP contribution in [0.1, 0.15) is 20.8 Å². The normalized spacial score (nSPS) is 10.4. The van der Waals surface area contributed by atoms with Crippen LogP contribution in [0.5, 0.6) is 0 Å². The second kappa shape index (κ2) is 6.51. The Morgan fingerprint density at radius 3 is 2.71 bits per heavy atom. The number of rotatable bonds is 4. The average molecular weight is 343 g/mol. The van der Waals surface area contributed by atoms with E-state index >= 15 is 0 Å². The Kier molecular flexibility index (Phi) is 4.26. The lowest BCUT2D eigenvalue weighted by atomic mass is 10.2. The predicted molar refractivity (Wildman–Crippen MR) is 87.7 cm³/mol. The van der Waals surface area contributed by atoms with Crippen molar-refractivity contribution in [2.24, 2.45) is 5.73 Å². The minimum Gasteiger partial charge on any atom is -0.445 e. The topological polar surface area (TPSA) is 111 Å². The minimum absolute atomic E-state index is 0.0547. The molecule has 0 aliphatic heterocycles. The van der Waals surface area contributed by atoms with Crippen molar-refractivity contribution in [1.82, 2.24) is 9.97 Å². The zero-order valence-electron chi connectivity index (χ0n) is 12.2. The van der Waals surface area contributed by atoms with E-state index in [0.717, 1.165) is 0 Å². The highest BCUT2D eigenvalue weighted by Gasteiger charge is 2.14. The molecule has 3 N–H and O–H groups in total. The number of nitrogens with two attached hydrogens (primary N) is 1. The summed E-state index contributed by atoms with van der Waals surface area (Å²) in [5.41, 5.74) is 6.52. The number of primary amides is 1. The number of nitrogens with zero attached hydrogens (tertiary/aromatic N) is 2. The van der Waals surface area contributed by atoms with Gasteiger partial charge in [-0.25, -0.2) is 9.97 Å². The molecule has 24 heavy (non-hydrogen) atoms. The quantitative estimate of drug-likeness (QED) is 0.708. The summed E-state index contributed by atoms with van der Waals surface area (Å²) < 4.78 is 5.22. The number of amides is 2. The van der Waals surface area contributed by atoms with Crippen LogP contribution >= 0.6 is 11.6 Å². The molecule has 0 aliphatic rings. The number of hydrogen-bond donors (Lipinski definition) is 2. The molecule has 0 radical (unpaired) electrons. The van der Waals surface area contributed by atoms with E-state index in [1.54, 1.807) is 24.3 Å². The first-order valence-electron chi connectivity index (χ1n) is 6.82. The molecule has 3 rings (SSSR count). The van der Waals surface area contributed by atoms with Crippen LogP contribution in [0.25, 0.3) is 11.5 Å². The lowest BCUT2D eigenvalue weighted by molar-refractivity contribution is 0.0993. The van der Waals surface area contributed by atoms with Crippen LogP contribution in [-0.4, -0.2) is 21.8 Å². The molecule has 7 nitrogen and oxygen atoms in total. The van der Waals surface area contributed by atoms with Gasteiger partial charge in [0.25, 0.3) is 11.8 Å². The summed E-state index contributed by atoms with van der Waals surface area (Å²) in [6.07, 6.45) is 3.00. The number of pyridine rings is 1. The van der Waals surface area contributed by atoms with Crippen molar-refractivity contribution in [1.29, 1.82) is 0 Å². The van der Waals surface area contributed by atoms with Crippen molar-refractivity contribution in [3.63, 3.8) is 0 Å². The smallest absolute Gasteiger partial charge is 0.274 e. The third-order valence-electron chi connectivity index (χ3n) is 3.15. The number of hydrogen-bond acceptors (Lipinski definition) is 5. The number of aromatic nitrogens is 2. The molecule has 120 valence electrons. The SMILES string of the molecule is NC(=O)c1ccc(C(=O)Nc2cccc(-c3ncco3)c2)nc1Cl. The minimum atomic E-state index is -0.710. The summed E-state index contributed by atoms with van der Waals surface area (Å²) in [4.78, 5) is 31.3. The maximum atomic E-state index is 12.3. The van der Waals surface area contributed by atoms with Crippen LogP contribution in [0, 0.1) is 0 Å². The maximum absolute atomic E-state index is 12.3. The molecule has 0 atom stereocenters.